The molecule has 0 aliphatic carbocycles. The molecule has 0 aromatic rings. The summed E-state index contributed by atoms with van der Waals surface area (Å²) in [7, 11) is -9.83. The highest BCUT2D eigenvalue weighted by atomic mass is 31.2. The molecule has 0 bridgehead atoms. The molecule has 0 saturated heterocycles. The fraction of sp³-hybridized carbons (Fsp3) is 0.624. The molecule has 0 radical (unpaired) electrons. The first-order chi connectivity index (χ1) is 54.2. The quantitative estimate of drug-likeness (QED) is 0.0146. The first kappa shape index (κ1) is 105. The van der Waals surface area contributed by atoms with E-state index in [1.54, 1.807) is 0 Å². The zero-order valence-corrected chi connectivity index (χ0v) is 70.8. The Morgan fingerprint density at radius 3 is 0.730 bits per heavy atom. The van der Waals surface area contributed by atoms with Crippen molar-refractivity contribution in [3.8, 4) is 0 Å². The highest BCUT2D eigenvalue weighted by Gasteiger charge is 2.29. The van der Waals surface area contributed by atoms with E-state index < -0.39 is 91.5 Å². The van der Waals surface area contributed by atoms with Gasteiger partial charge in [0, 0.05) is 19.3 Å². The van der Waals surface area contributed by atoms with Crippen molar-refractivity contribution in [3.05, 3.63) is 194 Å². The van der Waals surface area contributed by atoms with Gasteiger partial charge in [-0.15, -0.1) is 0 Å². The molecule has 0 spiro atoms. The molecule has 0 aromatic carbocycles. The number of rotatable bonds is 79. The van der Waals surface area contributed by atoms with Crippen molar-refractivity contribution in [2.45, 2.75) is 334 Å². The number of hydrogen-bond acceptors (Lipinski definition) is 14. The molecule has 0 aliphatic rings. The number of carbonyl (C=O) groups is 3. The van der Waals surface area contributed by atoms with E-state index in [0.717, 1.165) is 173 Å². The van der Waals surface area contributed by atoms with Gasteiger partial charge in [-0.25, -0.2) is 9.13 Å². The van der Waals surface area contributed by atoms with E-state index in [-0.39, 0.29) is 19.3 Å². The zero-order valence-electron chi connectivity index (χ0n) is 69.1. The van der Waals surface area contributed by atoms with Crippen molar-refractivity contribution in [2.75, 3.05) is 39.6 Å². The second kappa shape index (κ2) is 83.8. The minimum absolute atomic E-state index is 0.0395. The average molecular weight is 1590 g/mol. The van der Waals surface area contributed by atoms with Crippen molar-refractivity contribution in [3.63, 3.8) is 0 Å². The Morgan fingerprint density at radius 2 is 0.450 bits per heavy atom. The van der Waals surface area contributed by atoms with Gasteiger partial charge in [-0.05, 0) is 161 Å². The van der Waals surface area contributed by atoms with Crippen LogP contribution in [0.15, 0.2) is 194 Å². The molecule has 5 unspecified atom stereocenters. The second-order valence-corrected chi connectivity index (χ2v) is 30.7. The van der Waals surface area contributed by atoms with E-state index in [0.29, 0.717) is 25.7 Å². The van der Waals surface area contributed by atoms with Crippen LogP contribution in [0.25, 0.3) is 0 Å². The van der Waals surface area contributed by atoms with Crippen LogP contribution in [0.1, 0.15) is 316 Å². The molecule has 111 heavy (non-hydrogen) atoms. The largest absolute Gasteiger partial charge is 0.472 e. The van der Waals surface area contributed by atoms with Crippen LogP contribution in [0.5, 0.6) is 0 Å². The summed E-state index contributed by atoms with van der Waals surface area (Å²) < 4.78 is 61.3. The van der Waals surface area contributed by atoms with Crippen molar-refractivity contribution < 1.29 is 75.8 Å². The summed E-state index contributed by atoms with van der Waals surface area (Å²) in [6, 6.07) is 0. The summed E-state index contributed by atoms with van der Waals surface area (Å²) in [4.78, 5) is 58.8. The molecular weight excluding hydrogens is 1430 g/mol. The van der Waals surface area contributed by atoms with Gasteiger partial charge >= 0.3 is 33.6 Å². The number of aliphatic hydroxyl groups excluding tert-OH is 2. The van der Waals surface area contributed by atoms with Crippen molar-refractivity contribution in [2.24, 2.45) is 0 Å². The van der Waals surface area contributed by atoms with E-state index in [1.165, 1.54) is 77.0 Å². The number of allylic oxidation sites excluding steroid dienone is 32. The Balaban J connectivity index is 4.64. The molecule has 630 valence electrons. The summed E-state index contributed by atoms with van der Waals surface area (Å²) in [5.41, 5.74) is 0. The highest BCUT2D eigenvalue weighted by molar-refractivity contribution is 7.47. The number of unbranched alkanes of at least 4 members (excludes halogenated alkanes) is 24. The fourth-order valence-electron chi connectivity index (χ4n) is 10.9. The van der Waals surface area contributed by atoms with Crippen molar-refractivity contribution in [1.82, 2.24) is 0 Å². The van der Waals surface area contributed by atoms with Gasteiger partial charge in [0.05, 0.1) is 26.4 Å². The first-order valence-electron chi connectivity index (χ1n) is 42.7. The normalized spacial score (nSPS) is 14.8. The molecule has 16 nitrogen and oxygen atoms in total. The Bertz CT molecular complexity index is 2800. The van der Waals surface area contributed by atoms with Gasteiger partial charge in [-0.1, -0.05) is 331 Å². The van der Waals surface area contributed by atoms with Crippen LogP contribution in [-0.2, 0) is 55.8 Å². The summed E-state index contributed by atoms with van der Waals surface area (Å²) in [6.45, 7) is 2.28. The molecule has 0 aliphatic heterocycles. The van der Waals surface area contributed by atoms with Crippen molar-refractivity contribution >= 4 is 33.6 Å². The fourth-order valence-corrected chi connectivity index (χ4v) is 12.5. The van der Waals surface area contributed by atoms with E-state index >= 15 is 0 Å². The molecule has 0 heterocycles. The van der Waals surface area contributed by atoms with Crippen LogP contribution in [0.3, 0.4) is 0 Å². The van der Waals surface area contributed by atoms with Crippen LogP contribution < -0.4 is 0 Å². The molecule has 0 fully saturated rings. The number of carbonyl (C=O) groups excluding carboxylic acids is 3. The SMILES string of the molecule is CC/C=C\C/C=C\C/C=C\C/C=C\C/C=C\C/C=C\CCCCC(=O)OC(COC(=O)CCCCCCCCC/C=C\C/C=C\C/C=C\C/C=C\C/C=C\CC)COP(=O)(O)OCC(O)COP(=O)(O)OCC(O)COC(=O)CCCCCCCCCCCCCCCCC/C=C\C/C=C\C/C=C\C/C=C\C/C=C\CC. The van der Waals surface area contributed by atoms with Gasteiger partial charge in [0.15, 0.2) is 6.10 Å². The van der Waals surface area contributed by atoms with Crippen LogP contribution in [-0.4, -0.2) is 95.9 Å². The molecule has 0 saturated carbocycles. The van der Waals surface area contributed by atoms with Crippen molar-refractivity contribution in [1.29, 1.82) is 0 Å². The molecule has 4 N–H and O–H groups in total. The molecule has 0 rings (SSSR count). The molecule has 18 heteroatoms. The lowest BCUT2D eigenvalue weighted by Crippen LogP contribution is -2.30. The van der Waals surface area contributed by atoms with E-state index in [2.05, 4.69) is 215 Å². The number of hydrogen-bond donors (Lipinski definition) is 4. The Kier molecular flexibility index (Phi) is 79.6. The van der Waals surface area contributed by atoms with Crippen LogP contribution in [0, 0.1) is 0 Å². The molecule has 0 aromatic heterocycles. The minimum atomic E-state index is -4.96. The second-order valence-electron chi connectivity index (χ2n) is 27.8. The van der Waals surface area contributed by atoms with Gasteiger partial charge in [-0.3, -0.25) is 32.5 Å². The third kappa shape index (κ3) is 85.1. The summed E-state index contributed by atoms with van der Waals surface area (Å²) in [6.07, 6.45) is 110. The van der Waals surface area contributed by atoms with Gasteiger partial charge < -0.3 is 34.2 Å². The number of phosphoric ester groups is 2. The number of phosphoric acid groups is 2. The number of aliphatic hydroxyl groups is 2. The lowest BCUT2D eigenvalue weighted by Gasteiger charge is -2.21. The third-order valence-corrected chi connectivity index (χ3v) is 19.2. The number of esters is 3. The smallest absolute Gasteiger partial charge is 0.463 e. The summed E-state index contributed by atoms with van der Waals surface area (Å²) >= 11 is 0. The van der Waals surface area contributed by atoms with Gasteiger partial charge in [0.1, 0.15) is 25.4 Å². The third-order valence-electron chi connectivity index (χ3n) is 17.3. The first-order valence-corrected chi connectivity index (χ1v) is 45.7. The Morgan fingerprint density at radius 1 is 0.252 bits per heavy atom. The summed E-state index contributed by atoms with van der Waals surface area (Å²) in [5.74, 6) is -1.65. The van der Waals surface area contributed by atoms with E-state index in [9.17, 15) is 43.5 Å². The van der Waals surface area contributed by atoms with Gasteiger partial charge in [0.25, 0.3) is 0 Å². The average Bonchev–Trinajstić information content (AvgIpc) is 0.898. The van der Waals surface area contributed by atoms with Gasteiger partial charge in [0.2, 0.25) is 0 Å². The molecule has 0 amide bonds. The maximum atomic E-state index is 13.0. The molecular formula is C93H152O16P2. The lowest BCUT2D eigenvalue weighted by molar-refractivity contribution is -0.161. The maximum Gasteiger partial charge on any atom is 0.472 e. The number of ether oxygens (including phenoxy) is 3. The predicted octanol–water partition coefficient (Wildman–Crippen LogP) is 25.9. The van der Waals surface area contributed by atoms with Crippen LogP contribution >= 0.6 is 15.6 Å². The lowest BCUT2D eigenvalue weighted by atomic mass is 10.0. The molecule has 5 atom stereocenters. The maximum absolute atomic E-state index is 13.0. The predicted molar refractivity (Wildman–Crippen MR) is 463 cm³/mol. The standard InChI is InChI=1S/C93H152O16P2/c1-4-7-10-13-16-19-22-25-28-31-34-37-39-40-41-42-43-44-45-46-48-51-52-55-58-61-64-67-70-73-76-79-91(96)103-82-88(94)83-105-110(99,100)106-84-89(95)85-107-111(101,102)108-87-90(109-93(98)81-78-75-72-69-66-63-60-57-54-49-36-33-30-27-24-21-18-15-12-9-6-3)86-104-92(97)80-77-74-71-68-65-62-59-56-53-50-47-38-35-32-29-26-23-20-17-14-11-8-5-2/h7-12,16-21,25-30,34-38,40-41,49-50,53,57,60,66,69,88-90,94-95H,4-6,13-15,22-24,31-33,39,42-48,51-52,54-56,58-59,61-65,67-68,70-87H2,1-3H3,(H,99,100)(H,101,102)/b10-7-,11-8-,12-9-,19-16-,20-17-,21-18-,28-25-,29-26-,30-27-,37-34-,38-35-,41-40-,49-36-,53-50-,60-57-,69-66-. The van der Waals surface area contributed by atoms with E-state index in [4.69, 9.17) is 32.3 Å². The van der Waals surface area contributed by atoms with Crippen LogP contribution in [0.2, 0.25) is 0 Å². The minimum Gasteiger partial charge on any atom is -0.463 e. The topological polar surface area (TPSA) is 231 Å². The Hall–Kier alpha value is -5.61. The highest BCUT2D eigenvalue weighted by Crippen LogP contribution is 2.45. The van der Waals surface area contributed by atoms with Gasteiger partial charge in [-0.2, -0.15) is 0 Å². The van der Waals surface area contributed by atoms with E-state index in [1.807, 2.05) is 0 Å². The Labute approximate surface area is 674 Å². The monoisotopic (exact) mass is 1590 g/mol. The summed E-state index contributed by atoms with van der Waals surface area (Å²) in [5, 5.41) is 20.7. The zero-order chi connectivity index (χ0) is 80.8. The van der Waals surface area contributed by atoms with Crippen LogP contribution in [0.4, 0.5) is 0 Å².